The van der Waals surface area contributed by atoms with Gasteiger partial charge >= 0.3 is 6.03 Å². The first-order valence-corrected chi connectivity index (χ1v) is 7.75. The molecule has 2 amide bonds. The maximum Gasteiger partial charge on any atom is 0.319 e. The van der Waals surface area contributed by atoms with E-state index in [1.807, 2.05) is 31.2 Å². The SMILES string of the molecule is Cc1cc(NC(=O)NC2(c3ccccc3)CCCC2)ccn1. The van der Waals surface area contributed by atoms with Gasteiger partial charge in [0, 0.05) is 17.6 Å². The number of benzene rings is 1. The number of pyridine rings is 1. The predicted octanol–water partition coefficient (Wildman–Crippen LogP) is 3.98. The van der Waals surface area contributed by atoms with Gasteiger partial charge in [0.15, 0.2) is 0 Å². The van der Waals surface area contributed by atoms with Gasteiger partial charge in [-0.05, 0) is 37.5 Å². The second kappa shape index (κ2) is 6.18. The van der Waals surface area contributed by atoms with Crippen molar-refractivity contribution in [2.75, 3.05) is 5.32 Å². The minimum absolute atomic E-state index is 0.156. The van der Waals surface area contributed by atoms with Gasteiger partial charge in [-0.15, -0.1) is 0 Å². The molecule has 22 heavy (non-hydrogen) atoms. The molecule has 4 heteroatoms. The Hall–Kier alpha value is -2.36. The lowest BCUT2D eigenvalue weighted by Gasteiger charge is -2.31. The molecule has 0 radical (unpaired) electrons. The summed E-state index contributed by atoms with van der Waals surface area (Å²) >= 11 is 0. The van der Waals surface area contributed by atoms with E-state index in [1.165, 1.54) is 5.56 Å². The summed E-state index contributed by atoms with van der Waals surface area (Å²) in [5.74, 6) is 0. The lowest BCUT2D eigenvalue weighted by molar-refractivity contribution is 0.236. The van der Waals surface area contributed by atoms with Gasteiger partial charge in [0.2, 0.25) is 0 Å². The molecule has 3 rings (SSSR count). The second-order valence-electron chi connectivity index (χ2n) is 5.92. The van der Waals surface area contributed by atoms with Crippen molar-refractivity contribution in [2.45, 2.75) is 38.1 Å². The normalized spacial score (nSPS) is 16.2. The highest BCUT2D eigenvalue weighted by Gasteiger charge is 2.36. The molecule has 0 spiro atoms. The van der Waals surface area contributed by atoms with Gasteiger partial charge in [-0.1, -0.05) is 43.2 Å². The predicted molar refractivity (Wildman–Crippen MR) is 87.7 cm³/mol. The van der Waals surface area contributed by atoms with Crippen molar-refractivity contribution in [1.82, 2.24) is 10.3 Å². The fraction of sp³-hybridized carbons (Fsp3) is 0.333. The number of nitrogens with one attached hydrogen (secondary N) is 2. The molecule has 1 heterocycles. The summed E-state index contributed by atoms with van der Waals surface area (Å²) in [4.78, 5) is 16.6. The van der Waals surface area contributed by atoms with Crippen molar-refractivity contribution < 1.29 is 4.79 Å². The van der Waals surface area contributed by atoms with Gasteiger partial charge in [-0.25, -0.2) is 4.79 Å². The first-order chi connectivity index (χ1) is 10.7. The van der Waals surface area contributed by atoms with E-state index in [0.29, 0.717) is 0 Å². The molecule has 1 aromatic carbocycles. The lowest BCUT2D eigenvalue weighted by Crippen LogP contribution is -2.45. The molecule has 0 bridgehead atoms. The number of hydrogen-bond acceptors (Lipinski definition) is 2. The highest BCUT2D eigenvalue weighted by Crippen LogP contribution is 2.38. The number of carbonyl (C=O) groups excluding carboxylic acids is 1. The zero-order chi connectivity index (χ0) is 15.4. The summed E-state index contributed by atoms with van der Waals surface area (Å²) in [6, 6.07) is 13.8. The van der Waals surface area contributed by atoms with Crippen LogP contribution in [0.5, 0.6) is 0 Å². The molecule has 1 fully saturated rings. The van der Waals surface area contributed by atoms with E-state index in [-0.39, 0.29) is 11.6 Å². The van der Waals surface area contributed by atoms with Crippen LogP contribution in [0.2, 0.25) is 0 Å². The van der Waals surface area contributed by atoms with Crippen LogP contribution in [0.4, 0.5) is 10.5 Å². The fourth-order valence-corrected chi connectivity index (χ4v) is 3.22. The molecule has 1 saturated carbocycles. The van der Waals surface area contributed by atoms with Crippen molar-refractivity contribution in [3.05, 3.63) is 59.9 Å². The zero-order valence-corrected chi connectivity index (χ0v) is 12.8. The second-order valence-corrected chi connectivity index (χ2v) is 5.92. The molecule has 0 aliphatic heterocycles. The van der Waals surface area contributed by atoms with Crippen molar-refractivity contribution in [3.63, 3.8) is 0 Å². The first-order valence-electron chi connectivity index (χ1n) is 7.75. The van der Waals surface area contributed by atoms with Gasteiger partial charge in [0.25, 0.3) is 0 Å². The third kappa shape index (κ3) is 3.11. The third-order valence-electron chi connectivity index (χ3n) is 4.29. The number of hydrogen-bond donors (Lipinski definition) is 2. The Balaban J connectivity index is 1.76. The molecule has 0 unspecified atom stereocenters. The molecular weight excluding hydrogens is 274 g/mol. The Morgan fingerprint density at radius 3 is 2.55 bits per heavy atom. The lowest BCUT2D eigenvalue weighted by atomic mass is 9.88. The minimum Gasteiger partial charge on any atom is -0.328 e. The van der Waals surface area contributed by atoms with Crippen LogP contribution >= 0.6 is 0 Å². The summed E-state index contributed by atoms with van der Waals surface area (Å²) in [6.45, 7) is 1.91. The summed E-state index contributed by atoms with van der Waals surface area (Å²) < 4.78 is 0. The molecule has 0 saturated heterocycles. The highest BCUT2D eigenvalue weighted by atomic mass is 16.2. The van der Waals surface area contributed by atoms with Gasteiger partial charge in [0.05, 0.1) is 5.54 Å². The van der Waals surface area contributed by atoms with Crippen LogP contribution in [0.3, 0.4) is 0 Å². The van der Waals surface area contributed by atoms with Crippen LogP contribution in [0.15, 0.2) is 48.7 Å². The van der Waals surface area contributed by atoms with E-state index in [2.05, 4.69) is 27.8 Å². The molecule has 1 aliphatic rings. The maximum absolute atomic E-state index is 12.4. The summed E-state index contributed by atoms with van der Waals surface area (Å²) in [6.07, 6.45) is 5.96. The number of anilines is 1. The average Bonchev–Trinajstić information content (AvgIpc) is 2.98. The molecule has 1 aliphatic carbocycles. The van der Waals surface area contributed by atoms with E-state index in [0.717, 1.165) is 37.1 Å². The van der Waals surface area contributed by atoms with E-state index in [4.69, 9.17) is 0 Å². The Morgan fingerprint density at radius 2 is 1.86 bits per heavy atom. The largest absolute Gasteiger partial charge is 0.328 e. The molecule has 114 valence electrons. The number of amides is 2. The van der Waals surface area contributed by atoms with Gasteiger partial charge in [-0.2, -0.15) is 0 Å². The molecule has 2 aromatic rings. The molecule has 2 N–H and O–H groups in total. The van der Waals surface area contributed by atoms with Crippen LogP contribution in [-0.4, -0.2) is 11.0 Å². The van der Waals surface area contributed by atoms with Crippen LogP contribution in [0.1, 0.15) is 36.9 Å². The van der Waals surface area contributed by atoms with Crippen LogP contribution < -0.4 is 10.6 Å². The van der Waals surface area contributed by atoms with E-state index < -0.39 is 0 Å². The van der Waals surface area contributed by atoms with Crippen molar-refractivity contribution in [2.24, 2.45) is 0 Å². The summed E-state index contributed by atoms with van der Waals surface area (Å²) in [7, 11) is 0. The smallest absolute Gasteiger partial charge is 0.319 e. The maximum atomic E-state index is 12.4. The van der Waals surface area contributed by atoms with Crippen molar-refractivity contribution in [3.8, 4) is 0 Å². The van der Waals surface area contributed by atoms with Crippen molar-refractivity contribution in [1.29, 1.82) is 0 Å². The van der Waals surface area contributed by atoms with E-state index in [1.54, 1.807) is 12.3 Å². The number of aromatic nitrogens is 1. The summed E-state index contributed by atoms with van der Waals surface area (Å²) in [5, 5.41) is 6.12. The molecule has 0 atom stereocenters. The zero-order valence-electron chi connectivity index (χ0n) is 12.8. The monoisotopic (exact) mass is 295 g/mol. The molecular formula is C18H21N3O. The topological polar surface area (TPSA) is 54.0 Å². The number of nitrogens with zero attached hydrogens (tertiary/aromatic N) is 1. The highest BCUT2D eigenvalue weighted by molar-refractivity contribution is 5.89. The Morgan fingerprint density at radius 1 is 1.14 bits per heavy atom. The van der Waals surface area contributed by atoms with E-state index in [9.17, 15) is 4.79 Å². The fourth-order valence-electron chi connectivity index (χ4n) is 3.22. The minimum atomic E-state index is -0.243. The average molecular weight is 295 g/mol. The van der Waals surface area contributed by atoms with Crippen LogP contribution in [0.25, 0.3) is 0 Å². The quantitative estimate of drug-likeness (QED) is 0.900. The van der Waals surface area contributed by atoms with E-state index >= 15 is 0 Å². The standard InChI is InChI=1S/C18H21N3O/c1-14-13-16(9-12-19-14)20-17(22)21-18(10-5-6-11-18)15-7-3-2-4-8-15/h2-4,7-9,12-13H,5-6,10-11H2,1H3,(H2,19,20,21,22). The van der Waals surface area contributed by atoms with Crippen LogP contribution in [0, 0.1) is 6.92 Å². The first kappa shape index (κ1) is 14.6. The Labute approximate surface area is 131 Å². The Bertz CT molecular complexity index is 648. The molecule has 1 aromatic heterocycles. The van der Waals surface area contributed by atoms with Gasteiger partial charge < -0.3 is 10.6 Å². The number of carbonyl (C=O) groups is 1. The van der Waals surface area contributed by atoms with Crippen molar-refractivity contribution >= 4 is 11.7 Å². The van der Waals surface area contributed by atoms with Gasteiger partial charge in [0.1, 0.15) is 0 Å². The number of urea groups is 1. The van der Waals surface area contributed by atoms with Crippen LogP contribution in [-0.2, 0) is 5.54 Å². The Kier molecular flexibility index (Phi) is 4.09. The number of aryl methyl sites for hydroxylation is 1. The third-order valence-corrected chi connectivity index (χ3v) is 4.29. The number of rotatable bonds is 3. The molecule has 4 nitrogen and oxygen atoms in total. The van der Waals surface area contributed by atoms with Gasteiger partial charge in [-0.3, -0.25) is 4.98 Å². The summed E-state index contributed by atoms with van der Waals surface area (Å²) in [5.41, 5.74) is 2.60.